The Balaban J connectivity index is 1.94. The number of aryl methyl sites for hydroxylation is 1. The third-order valence-electron chi connectivity index (χ3n) is 4.38. The van der Waals surface area contributed by atoms with Crippen molar-refractivity contribution < 1.29 is 9.59 Å². The number of carbonyl (C=O) groups is 2. The van der Waals surface area contributed by atoms with Crippen LogP contribution < -0.4 is 16.0 Å². The average molecular weight is 359 g/mol. The number of piperidine rings is 1. The molecule has 1 unspecified atom stereocenters. The smallest absolute Gasteiger partial charge is 0.269 e. The number of hydrogen-bond acceptors (Lipinski definition) is 6. The number of nitrogens with one attached hydrogen (secondary N) is 1. The Kier molecular flexibility index (Phi) is 4.98. The molecule has 2 aromatic rings. The number of anilines is 2. The van der Waals surface area contributed by atoms with Crippen LogP contribution in [-0.4, -0.2) is 34.5 Å². The predicted octanol–water partition coefficient (Wildman–Crippen LogP) is 2.43. The average Bonchev–Trinajstić information content (AvgIpc) is 3.01. The minimum absolute atomic E-state index is 0.277. The molecule has 1 aliphatic rings. The first kappa shape index (κ1) is 17.3. The highest BCUT2D eigenvalue weighted by Gasteiger charge is 2.22. The summed E-state index contributed by atoms with van der Waals surface area (Å²) in [4.78, 5) is 26.8. The van der Waals surface area contributed by atoms with Gasteiger partial charge in [0.05, 0.1) is 17.1 Å². The van der Waals surface area contributed by atoms with E-state index in [1.807, 2.05) is 6.07 Å². The summed E-state index contributed by atoms with van der Waals surface area (Å²) in [6.07, 6.45) is 2.30. The molecule has 25 heavy (non-hydrogen) atoms. The molecule has 1 aromatic carbocycles. The molecule has 0 bridgehead atoms. The molecule has 0 spiro atoms. The lowest BCUT2D eigenvalue weighted by atomic mass is 9.99. The van der Waals surface area contributed by atoms with E-state index in [2.05, 4.69) is 26.7 Å². The van der Waals surface area contributed by atoms with Gasteiger partial charge in [-0.15, -0.1) is 5.10 Å². The van der Waals surface area contributed by atoms with Gasteiger partial charge in [0.25, 0.3) is 5.91 Å². The van der Waals surface area contributed by atoms with Crippen LogP contribution in [0.1, 0.15) is 45.5 Å². The topological polar surface area (TPSA) is 101 Å². The molecule has 3 N–H and O–H groups in total. The van der Waals surface area contributed by atoms with E-state index in [4.69, 9.17) is 5.73 Å². The van der Waals surface area contributed by atoms with Crippen molar-refractivity contribution >= 4 is 34.7 Å². The highest BCUT2D eigenvalue weighted by molar-refractivity contribution is 7.08. The van der Waals surface area contributed by atoms with Crippen LogP contribution >= 0.6 is 11.5 Å². The maximum absolute atomic E-state index is 12.6. The monoisotopic (exact) mass is 359 g/mol. The normalized spacial score (nSPS) is 17.4. The molecule has 0 saturated carbocycles. The molecule has 1 atom stereocenters. The van der Waals surface area contributed by atoms with E-state index in [1.54, 1.807) is 19.1 Å². The van der Waals surface area contributed by atoms with Gasteiger partial charge in [0.1, 0.15) is 4.88 Å². The fourth-order valence-electron chi connectivity index (χ4n) is 3.09. The fraction of sp³-hybridized carbons (Fsp3) is 0.412. The van der Waals surface area contributed by atoms with Crippen molar-refractivity contribution in [3.8, 4) is 0 Å². The Morgan fingerprint density at radius 2 is 2.20 bits per heavy atom. The summed E-state index contributed by atoms with van der Waals surface area (Å²) >= 11 is 1.05. The van der Waals surface area contributed by atoms with E-state index in [9.17, 15) is 9.59 Å². The van der Waals surface area contributed by atoms with Crippen LogP contribution in [0.15, 0.2) is 18.2 Å². The zero-order chi connectivity index (χ0) is 18.0. The maximum Gasteiger partial charge on any atom is 0.269 e. The van der Waals surface area contributed by atoms with Crippen molar-refractivity contribution in [1.29, 1.82) is 0 Å². The number of primary amides is 1. The summed E-state index contributed by atoms with van der Waals surface area (Å²) in [6, 6.07) is 5.19. The van der Waals surface area contributed by atoms with E-state index >= 15 is 0 Å². The number of nitrogens with two attached hydrogens (primary N) is 1. The first-order valence-electron chi connectivity index (χ1n) is 8.25. The molecule has 3 rings (SSSR count). The van der Waals surface area contributed by atoms with Gasteiger partial charge in [-0.25, -0.2) is 0 Å². The van der Waals surface area contributed by atoms with Crippen molar-refractivity contribution in [3.63, 3.8) is 0 Å². The van der Waals surface area contributed by atoms with Crippen LogP contribution in [-0.2, 0) is 0 Å². The van der Waals surface area contributed by atoms with Crippen molar-refractivity contribution in [2.45, 2.75) is 26.7 Å². The summed E-state index contributed by atoms with van der Waals surface area (Å²) in [5.41, 5.74) is 7.84. The molecule has 132 valence electrons. The Morgan fingerprint density at radius 1 is 1.40 bits per heavy atom. The quantitative estimate of drug-likeness (QED) is 0.873. The third kappa shape index (κ3) is 3.79. The van der Waals surface area contributed by atoms with Crippen LogP contribution in [0.25, 0.3) is 0 Å². The van der Waals surface area contributed by atoms with Crippen LogP contribution in [0.3, 0.4) is 0 Å². The molecule has 0 aliphatic carbocycles. The second-order valence-electron chi connectivity index (χ2n) is 6.43. The zero-order valence-electron chi connectivity index (χ0n) is 14.3. The van der Waals surface area contributed by atoms with Gasteiger partial charge in [-0.1, -0.05) is 11.4 Å². The van der Waals surface area contributed by atoms with Crippen molar-refractivity contribution in [3.05, 3.63) is 34.3 Å². The van der Waals surface area contributed by atoms with E-state index in [1.165, 1.54) is 6.42 Å². The third-order valence-corrected chi connectivity index (χ3v) is 5.21. The molecule has 2 heterocycles. The Labute approximate surface area is 150 Å². The second-order valence-corrected chi connectivity index (χ2v) is 7.19. The number of aromatic nitrogens is 2. The second kappa shape index (κ2) is 7.18. The molecule has 1 saturated heterocycles. The Bertz CT molecular complexity index is 804. The van der Waals surface area contributed by atoms with Crippen LogP contribution in [0.5, 0.6) is 0 Å². The van der Waals surface area contributed by atoms with Gasteiger partial charge in [-0.05, 0) is 55.4 Å². The minimum Gasteiger partial charge on any atom is -0.370 e. The number of rotatable bonds is 4. The first-order chi connectivity index (χ1) is 12.0. The lowest BCUT2D eigenvalue weighted by molar-refractivity contribution is 0.0996. The lowest BCUT2D eigenvalue weighted by Gasteiger charge is -2.34. The predicted molar refractivity (Wildman–Crippen MR) is 98.2 cm³/mol. The molecule has 0 radical (unpaired) electrons. The van der Waals surface area contributed by atoms with E-state index in [0.717, 1.165) is 36.7 Å². The Hall–Kier alpha value is -2.48. The van der Waals surface area contributed by atoms with E-state index in [-0.39, 0.29) is 5.91 Å². The summed E-state index contributed by atoms with van der Waals surface area (Å²) in [5.74, 6) is -0.216. The van der Waals surface area contributed by atoms with Gasteiger partial charge in [-0.3, -0.25) is 9.59 Å². The first-order valence-corrected chi connectivity index (χ1v) is 9.02. The summed E-state index contributed by atoms with van der Waals surface area (Å²) in [5, 5.41) is 6.77. The molecule has 1 aromatic heterocycles. The van der Waals surface area contributed by atoms with Gasteiger partial charge in [0.2, 0.25) is 5.91 Å². The van der Waals surface area contributed by atoms with E-state index < -0.39 is 5.91 Å². The number of amides is 2. The standard InChI is InChI=1S/C17H21N5O2S/c1-10-4-3-7-22(9-10)14-6-5-12(16(18)23)8-13(14)19-17(24)15-11(2)20-21-25-15/h5-6,8,10H,3-4,7,9H2,1-2H3,(H2,18,23)(H,19,24). The highest BCUT2D eigenvalue weighted by atomic mass is 32.1. The number of nitrogens with zero attached hydrogens (tertiary/aromatic N) is 3. The zero-order valence-corrected chi connectivity index (χ0v) is 15.1. The van der Waals surface area contributed by atoms with Gasteiger partial charge < -0.3 is 16.0 Å². The van der Waals surface area contributed by atoms with Crippen LogP contribution in [0.2, 0.25) is 0 Å². The van der Waals surface area contributed by atoms with Gasteiger partial charge in [-0.2, -0.15) is 0 Å². The molecule has 8 heteroatoms. The molecular formula is C17H21N5O2S. The number of carbonyl (C=O) groups excluding carboxylic acids is 2. The minimum atomic E-state index is -0.523. The number of hydrogen-bond donors (Lipinski definition) is 2. The van der Waals surface area contributed by atoms with Gasteiger partial charge in [0.15, 0.2) is 0 Å². The molecule has 7 nitrogen and oxygen atoms in total. The van der Waals surface area contributed by atoms with Gasteiger partial charge in [0, 0.05) is 18.7 Å². The van der Waals surface area contributed by atoms with Gasteiger partial charge >= 0.3 is 0 Å². The van der Waals surface area contributed by atoms with Crippen molar-refractivity contribution in [2.75, 3.05) is 23.3 Å². The van der Waals surface area contributed by atoms with Crippen LogP contribution in [0, 0.1) is 12.8 Å². The maximum atomic E-state index is 12.6. The SMILES string of the molecule is Cc1nnsc1C(=O)Nc1cc(C(N)=O)ccc1N1CCCC(C)C1. The lowest BCUT2D eigenvalue weighted by Crippen LogP contribution is -2.35. The molecular weight excluding hydrogens is 338 g/mol. The van der Waals surface area contributed by atoms with Crippen molar-refractivity contribution in [1.82, 2.24) is 9.59 Å². The fourth-order valence-corrected chi connectivity index (χ4v) is 3.64. The van der Waals surface area contributed by atoms with E-state index in [0.29, 0.717) is 27.7 Å². The molecule has 2 amide bonds. The summed E-state index contributed by atoms with van der Waals surface area (Å²) in [6.45, 7) is 5.80. The summed E-state index contributed by atoms with van der Waals surface area (Å²) < 4.78 is 3.80. The largest absolute Gasteiger partial charge is 0.370 e. The highest BCUT2D eigenvalue weighted by Crippen LogP contribution is 2.31. The van der Waals surface area contributed by atoms with Crippen LogP contribution in [0.4, 0.5) is 11.4 Å². The Morgan fingerprint density at radius 3 is 2.84 bits per heavy atom. The molecule has 1 fully saturated rings. The number of benzene rings is 1. The van der Waals surface area contributed by atoms with Crippen molar-refractivity contribution in [2.24, 2.45) is 11.7 Å². The summed E-state index contributed by atoms with van der Waals surface area (Å²) in [7, 11) is 0. The molecule has 1 aliphatic heterocycles.